The van der Waals surface area contributed by atoms with Crippen molar-refractivity contribution in [1.82, 2.24) is 4.98 Å². The van der Waals surface area contributed by atoms with Gasteiger partial charge in [-0.25, -0.2) is 4.98 Å². The SMILES string of the molecule is NC1c2ccsc2C=CN1c1ccc2ccc(-c3ccccc3)nc2c1. The zero-order valence-electron chi connectivity index (χ0n) is 14.0. The summed E-state index contributed by atoms with van der Waals surface area (Å²) in [4.78, 5) is 8.21. The van der Waals surface area contributed by atoms with Crippen molar-refractivity contribution in [3.8, 4) is 11.3 Å². The third kappa shape index (κ3) is 2.51. The molecule has 2 aromatic heterocycles. The minimum atomic E-state index is -0.170. The van der Waals surface area contributed by atoms with Gasteiger partial charge in [-0.1, -0.05) is 42.5 Å². The first-order valence-electron chi connectivity index (χ1n) is 8.55. The van der Waals surface area contributed by atoms with E-state index in [0.29, 0.717) is 0 Å². The lowest BCUT2D eigenvalue weighted by atomic mass is 10.1. The van der Waals surface area contributed by atoms with E-state index in [1.54, 1.807) is 11.3 Å². The van der Waals surface area contributed by atoms with Gasteiger partial charge in [-0.3, -0.25) is 0 Å². The monoisotopic (exact) mass is 355 g/mol. The van der Waals surface area contributed by atoms with E-state index in [0.717, 1.165) is 27.8 Å². The van der Waals surface area contributed by atoms with Gasteiger partial charge in [0.25, 0.3) is 0 Å². The molecule has 4 aromatic rings. The maximum atomic E-state index is 6.49. The summed E-state index contributed by atoms with van der Waals surface area (Å²) in [6.07, 6.45) is 4.02. The summed E-state index contributed by atoms with van der Waals surface area (Å²) in [6, 6.07) is 22.9. The molecule has 0 saturated carbocycles. The first-order valence-corrected chi connectivity index (χ1v) is 9.43. The van der Waals surface area contributed by atoms with E-state index in [2.05, 4.69) is 71.1 Å². The largest absolute Gasteiger partial charge is 0.328 e. The Labute approximate surface area is 156 Å². The highest BCUT2D eigenvalue weighted by Gasteiger charge is 2.22. The molecule has 0 saturated heterocycles. The van der Waals surface area contributed by atoms with E-state index in [1.807, 2.05) is 18.2 Å². The van der Waals surface area contributed by atoms with Crippen molar-refractivity contribution in [2.24, 2.45) is 5.73 Å². The van der Waals surface area contributed by atoms with Crippen LogP contribution in [0.15, 0.2) is 78.3 Å². The number of hydrogen-bond donors (Lipinski definition) is 1. The Morgan fingerprint density at radius 1 is 0.962 bits per heavy atom. The second-order valence-corrected chi connectivity index (χ2v) is 7.30. The Bertz CT molecular complexity index is 1110. The number of hydrogen-bond acceptors (Lipinski definition) is 4. The molecule has 2 aromatic carbocycles. The summed E-state index contributed by atoms with van der Waals surface area (Å²) >= 11 is 1.72. The van der Waals surface area contributed by atoms with Crippen LogP contribution in [0.25, 0.3) is 28.2 Å². The third-order valence-electron chi connectivity index (χ3n) is 4.78. The lowest BCUT2D eigenvalue weighted by Gasteiger charge is -2.30. The van der Waals surface area contributed by atoms with Gasteiger partial charge in [0.1, 0.15) is 6.17 Å². The fourth-order valence-electron chi connectivity index (χ4n) is 3.38. The van der Waals surface area contributed by atoms with Gasteiger partial charge in [-0.05, 0) is 35.7 Å². The van der Waals surface area contributed by atoms with Crippen molar-refractivity contribution < 1.29 is 0 Å². The van der Waals surface area contributed by atoms with Crippen LogP contribution in [-0.2, 0) is 0 Å². The number of thiophene rings is 1. The van der Waals surface area contributed by atoms with Gasteiger partial charge in [0.2, 0.25) is 0 Å². The van der Waals surface area contributed by atoms with Crippen molar-refractivity contribution in [2.75, 3.05) is 4.90 Å². The first kappa shape index (κ1) is 15.3. The van der Waals surface area contributed by atoms with Crippen LogP contribution >= 0.6 is 11.3 Å². The second kappa shape index (κ2) is 6.09. The maximum Gasteiger partial charge on any atom is 0.109 e. The van der Waals surface area contributed by atoms with E-state index < -0.39 is 0 Å². The molecule has 0 radical (unpaired) electrons. The number of anilines is 1. The maximum absolute atomic E-state index is 6.49. The summed E-state index contributed by atoms with van der Waals surface area (Å²) in [7, 11) is 0. The molecule has 26 heavy (non-hydrogen) atoms. The molecule has 0 aliphatic carbocycles. The molecule has 1 unspecified atom stereocenters. The number of fused-ring (bicyclic) bond motifs is 2. The highest BCUT2D eigenvalue weighted by molar-refractivity contribution is 7.11. The Morgan fingerprint density at radius 2 is 1.81 bits per heavy atom. The molecule has 2 N–H and O–H groups in total. The van der Waals surface area contributed by atoms with E-state index in [-0.39, 0.29) is 6.17 Å². The van der Waals surface area contributed by atoms with Gasteiger partial charge in [-0.15, -0.1) is 11.3 Å². The molecule has 1 aliphatic heterocycles. The molecule has 126 valence electrons. The van der Waals surface area contributed by atoms with Crippen molar-refractivity contribution in [3.63, 3.8) is 0 Å². The average Bonchev–Trinajstić information content (AvgIpc) is 3.18. The quantitative estimate of drug-likeness (QED) is 0.523. The molecular weight excluding hydrogens is 338 g/mol. The predicted molar refractivity (Wildman–Crippen MR) is 110 cm³/mol. The van der Waals surface area contributed by atoms with Crippen molar-refractivity contribution in [1.29, 1.82) is 0 Å². The molecule has 0 amide bonds. The van der Waals surface area contributed by atoms with Gasteiger partial charge in [0, 0.05) is 33.3 Å². The standard InChI is InChI=1S/C22H17N3S/c23-22-18-11-13-26-21(18)10-12-25(22)17-8-6-16-7-9-19(24-20(16)14-17)15-4-2-1-3-5-15/h1-14,22H,23H2. The summed E-state index contributed by atoms with van der Waals surface area (Å²) < 4.78 is 0. The zero-order valence-corrected chi connectivity index (χ0v) is 14.9. The van der Waals surface area contributed by atoms with Crippen LogP contribution in [0.2, 0.25) is 0 Å². The Morgan fingerprint density at radius 3 is 2.69 bits per heavy atom. The van der Waals surface area contributed by atoms with E-state index >= 15 is 0 Å². The fourth-order valence-corrected chi connectivity index (χ4v) is 4.21. The topological polar surface area (TPSA) is 42.1 Å². The molecule has 0 spiro atoms. The minimum Gasteiger partial charge on any atom is -0.328 e. The predicted octanol–water partition coefficient (Wildman–Crippen LogP) is 5.41. The lowest BCUT2D eigenvalue weighted by molar-refractivity contribution is 0.727. The van der Waals surface area contributed by atoms with Crippen molar-refractivity contribution >= 4 is 34.0 Å². The van der Waals surface area contributed by atoms with Crippen LogP contribution in [0.5, 0.6) is 0 Å². The third-order valence-corrected chi connectivity index (χ3v) is 5.67. The van der Waals surface area contributed by atoms with Crippen LogP contribution in [0.3, 0.4) is 0 Å². The summed E-state index contributed by atoms with van der Waals surface area (Å²) in [5, 5.41) is 3.21. The van der Waals surface area contributed by atoms with Gasteiger partial charge in [-0.2, -0.15) is 0 Å². The molecule has 0 bridgehead atoms. The number of nitrogens with zero attached hydrogens (tertiary/aromatic N) is 2. The van der Waals surface area contributed by atoms with Crippen LogP contribution < -0.4 is 10.6 Å². The minimum absolute atomic E-state index is 0.170. The van der Waals surface area contributed by atoms with Crippen molar-refractivity contribution in [2.45, 2.75) is 6.17 Å². The molecule has 3 nitrogen and oxygen atoms in total. The Hall–Kier alpha value is -2.95. The Balaban J connectivity index is 1.57. The molecule has 1 aliphatic rings. The van der Waals surface area contributed by atoms with Crippen LogP contribution in [0.1, 0.15) is 16.6 Å². The summed E-state index contributed by atoms with van der Waals surface area (Å²) in [6.45, 7) is 0. The molecule has 1 atom stereocenters. The van der Waals surface area contributed by atoms with E-state index in [4.69, 9.17) is 10.7 Å². The van der Waals surface area contributed by atoms with Crippen LogP contribution in [0, 0.1) is 0 Å². The first-order chi connectivity index (χ1) is 12.8. The number of benzene rings is 2. The van der Waals surface area contributed by atoms with Crippen molar-refractivity contribution in [3.05, 3.63) is 88.8 Å². The van der Waals surface area contributed by atoms with E-state index in [9.17, 15) is 0 Å². The summed E-state index contributed by atoms with van der Waals surface area (Å²) in [5.41, 5.74) is 11.8. The number of nitrogens with two attached hydrogens (primary N) is 1. The van der Waals surface area contributed by atoms with E-state index in [1.165, 1.54) is 10.4 Å². The molecular formula is C22H17N3S. The van der Waals surface area contributed by atoms with Gasteiger partial charge in [0.15, 0.2) is 0 Å². The molecule has 0 fully saturated rings. The smallest absolute Gasteiger partial charge is 0.109 e. The fraction of sp³-hybridized carbons (Fsp3) is 0.0455. The highest BCUT2D eigenvalue weighted by Crippen LogP contribution is 2.35. The summed E-state index contributed by atoms with van der Waals surface area (Å²) in [5.74, 6) is 0. The lowest BCUT2D eigenvalue weighted by Crippen LogP contribution is -2.32. The van der Waals surface area contributed by atoms with Gasteiger partial charge >= 0.3 is 0 Å². The second-order valence-electron chi connectivity index (χ2n) is 6.35. The molecule has 5 rings (SSSR count). The van der Waals surface area contributed by atoms with Gasteiger partial charge < -0.3 is 10.6 Å². The average molecular weight is 355 g/mol. The molecule has 3 heterocycles. The highest BCUT2D eigenvalue weighted by atomic mass is 32.1. The Kier molecular flexibility index (Phi) is 3.59. The van der Waals surface area contributed by atoms with Crippen LogP contribution in [-0.4, -0.2) is 4.98 Å². The zero-order chi connectivity index (χ0) is 17.5. The van der Waals surface area contributed by atoms with Crippen LogP contribution in [0.4, 0.5) is 5.69 Å². The van der Waals surface area contributed by atoms with Gasteiger partial charge in [0.05, 0.1) is 11.2 Å². The number of pyridine rings is 1. The normalized spacial score (nSPS) is 16.0. The molecule has 4 heteroatoms. The number of rotatable bonds is 2. The number of aromatic nitrogens is 1.